The monoisotopic (exact) mass is 604 g/mol. The van der Waals surface area contributed by atoms with Gasteiger partial charge in [-0.1, -0.05) is 11.3 Å². The van der Waals surface area contributed by atoms with Gasteiger partial charge >= 0.3 is 6.09 Å². The van der Waals surface area contributed by atoms with Gasteiger partial charge in [-0.25, -0.2) is 18.3 Å². The number of halogens is 2. The summed E-state index contributed by atoms with van der Waals surface area (Å²) in [5.41, 5.74) is 3.22. The van der Waals surface area contributed by atoms with Gasteiger partial charge in [0.1, 0.15) is 28.7 Å². The number of nitrogens with one attached hydrogen (secondary N) is 1. The van der Waals surface area contributed by atoms with E-state index in [0.29, 0.717) is 13.0 Å². The Labute approximate surface area is 254 Å². The topological polar surface area (TPSA) is 111 Å². The lowest BCUT2D eigenvalue weighted by atomic mass is 9.96. The van der Waals surface area contributed by atoms with E-state index in [4.69, 9.17) is 9.47 Å². The lowest BCUT2D eigenvalue weighted by Gasteiger charge is -2.31. The van der Waals surface area contributed by atoms with Gasteiger partial charge in [0.25, 0.3) is 5.91 Å². The molecule has 0 bridgehead atoms. The number of hydrogen-bond donors (Lipinski definition) is 1. The number of amides is 2. The summed E-state index contributed by atoms with van der Waals surface area (Å²) in [4.78, 5) is 31.6. The van der Waals surface area contributed by atoms with Gasteiger partial charge in [-0.3, -0.25) is 9.78 Å². The maximum Gasteiger partial charge on any atom is 0.410 e. The highest BCUT2D eigenvalue weighted by Crippen LogP contribution is 2.29. The fourth-order valence-electron chi connectivity index (χ4n) is 5.13. The Hall–Kier alpha value is -4.87. The Morgan fingerprint density at radius 2 is 1.89 bits per heavy atom. The van der Waals surface area contributed by atoms with Crippen LogP contribution in [0.3, 0.4) is 0 Å². The number of anilines is 1. The molecule has 5 rings (SSSR count). The Morgan fingerprint density at radius 1 is 1.11 bits per heavy atom. The molecule has 0 saturated carbocycles. The average molecular weight is 605 g/mol. The van der Waals surface area contributed by atoms with E-state index in [2.05, 4.69) is 20.6 Å². The summed E-state index contributed by atoms with van der Waals surface area (Å²) in [5, 5.41) is 10.9. The predicted octanol–water partition coefficient (Wildman–Crippen LogP) is 5.84. The van der Waals surface area contributed by atoms with Crippen molar-refractivity contribution in [2.45, 2.75) is 59.7 Å². The van der Waals surface area contributed by atoms with Crippen molar-refractivity contribution in [2.24, 2.45) is 0 Å². The van der Waals surface area contributed by atoms with Crippen LogP contribution < -0.4 is 10.1 Å². The summed E-state index contributed by atoms with van der Waals surface area (Å²) in [7, 11) is 1.60. The Morgan fingerprint density at radius 3 is 2.61 bits per heavy atom. The van der Waals surface area contributed by atoms with Gasteiger partial charge in [-0.15, -0.1) is 5.10 Å². The number of ether oxygens (including phenoxy) is 2. The molecule has 0 atom stereocenters. The van der Waals surface area contributed by atoms with Crippen molar-refractivity contribution in [3.63, 3.8) is 0 Å². The number of pyridine rings is 1. The second kappa shape index (κ2) is 12.0. The van der Waals surface area contributed by atoms with E-state index in [9.17, 15) is 14.0 Å². The first kappa shape index (κ1) is 30.6. The molecule has 0 unspecified atom stereocenters. The fourth-order valence-corrected chi connectivity index (χ4v) is 5.13. The minimum Gasteiger partial charge on any atom is -0.496 e. The van der Waals surface area contributed by atoms with Crippen LogP contribution in [-0.4, -0.2) is 56.1 Å². The van der Waals surface area contributed by atoms with Gasteiger partial charge in [-0.05, 0) is 70.9 Å². The van der Waals surface area contributed by atoms with Crippen LogP contribution in [0, 0.1) is 25.5 Å². The van der Waals surface area contributed by atoms with Crippen molar-refractivity contribution >= 4 is 17.7 Å². The summed E-state index contributed by atoms with van der Waals surface area (Å²) >= 11 is 0. The van der Waals surface area contributed by atoms with E-state index < -0.39 is 29.2 Å². The molecular formula is C32H34F2N6O4. The van der Waals surface area contributed by atoms with Crippen LogP contribution in [-0.2, 0) is 24.2 Å². The quantitative estimate of drug-likeness (QED) is 0.295. The van der Waals surface area contributed by atoms with Crippen LogP contribution in [0.15, 0.2) is 42.7 Å². The second-order valence-electron chi connectivity index (χ2n) is 11.7. The molecule has 3 heterocycles. The number of hydrogen-bond acceptors (Lipinski definition) is 7. The summed E-state index contributed by atoms with van der Waals surface area (Å²) in [5.74, 6) is -1.25. The van der Waals surface area contributed by atoms with Crippen LogP contribution in [0.2, 0.25) is 0 Å². The molecule has 0 fully saturated rings. The standard InChI is InChI=1S/C32H34F2N6O4/c1-18-14-35-26(19(2)29(18)43-6)16-40-17-27(37-38-40)23-13-21(8-10-25(23)33)36-30(41)22-9-7-20-11-12-39(15-24(20)28(22)34)31(42)44-32(3,4)5/h7-10,13-14,17H,11-12,15-16H2,1-6H3,(H,36,41). The molecule has 10 nitrogen and oxygen atoms in total. The van der Waals surface area contributed by atoms with Crippen molar-refractivity contribution in [1.82, 2.24) is 24.9 Å². The number of aromatic nitrogens is 4. The Balaban J connectivity index is 1.33. The Bertz CT molecular complexity index is 1750. The van der Waals surface area contributed by atoms with E-state index in [-0.39, 0.29) is 41.2 Å². The zero-order valence-electron chi connectivity index (χ0n) is 25.5. The molecule has 44 heavy (non-hydrogen) atoms. The van der Waals surface area contributed by atoms with Crippen LogP contribution in [0.4, 0.5) is 19.3 Å². The molecule has 0 aliphatic carbocycles. The SMILES string of the molecule is COc1c(C)cnc(Cn2cc(-c3cc(NC(=O)c4ccc5c(c4F)CN(C(=O)OC(C)(C)C)CC5)ccc3F)nn2)c1C. The fraction of sp³-hybridized carbons (Fsp3) is 0.344. The summed E-state index contributed by atoms with van der Waals surface area (Å²) in [6, 6.07) is 7.10. The van der Waals surface area contributed by atoms with Crippen molar-refractivity contribution in [3.8, 4) is 17.0 Å². The van der Waals surface area contributed by atoms with Gasteiger partial charge < -0.3 is 19.7 Å². The first-order chi connectivity index (χ1) is 20.8. The molecule has 2 aromatic carbocycles. The minimum absolute atomic E-state index is 0.0159. The van der Waals surface area contributed by atoms with Crippen molar-refractivity contribution in [3.05, 3.63) is 87.9 Å². The first-order valence-electron chi connectivity index (χ1n) is 14.1. The molecule has 4 aromatic rings. The maximum atomic E-state index is 15.6. The number of carbonyl (C=O) groups is 2. The third-order valence-electron chi connectivity index (χ3n) is 7.34. The van der Waals surface area contributed by atoms with Gasteiger partial charge in [0.2, 0.25) is 0 Å². The lowest BCUT2D eigenvalue weighted by Crippen LogP contribution is -2.40. The molecule has 12 heteroatoms. The average Bonchev–Trinajstić information content (AvgIpc) is 3.43. The van der Waals surface area contributed by atoms with Crippen LogP contribution >= 0.6 is 0 Å². The summed E-state index contributed by atoms with van der Waals surface area (Å²) in [6.07, 6.45) is 3.19. The molecule has 2 amide bonds. The molecular weight excluding hydrogens is 570 g/mol. The van der Waals surface area contributed by atoms with Gasteiger partial charge in [-0.2, -0.15) is 0 Å². The highest BCUT2D eigenvalue weighted by Gasteiger charge is 2.29. The third kappa shape index (κ3) is 6.38. The normalized spacial score (nSPS) is 13.0. The van der Waals surface area contributed by atoms with E-state index in [1.165, 1.54) is 33.8 Å². The summed E-state index contributed by atoms with van der Waals surface area (Å²) < 4.78 is 43.0. The molecule has 0 radical (unpaired) electrons. The van der Waals surface area contributed by atoms with Crippen LogP contribution in [0.5, 0.6) is 5.75 Å². The van der Waals surface area contributed by atoms with Crippen molar-refractivity contribution in [1.29, 1.82) is 0 Å². The second-order valence-corrected chi connectivity index (χ2v) is 11.7. The van der Waals surface area contributed by atoms with Crippen LogP contribution in [0.1, 0.15) is 59.1 Å². The highest BCUT2D eigenvalue weighted by atomic mass is 19.1. The van der Waals surface area contributed by atoms with Crippen LogP contribution in [0.25, 0.3) is 11.3 Å². The first-order valence-corrected chi connectivity index (χ1v) is 14.1. The van der Waals surface area contributed by atoms with Crippen molar-refractivity contribution in [2.75, 3.05) is 19.0 Å². The largest absolute Gasteiger partial charge is 0.496 e. The van der Waals surface area contributed by atoms with Gasteiger partial charge in [0, 0.05) is 40.7 Å². The number of fused-ring (bicyclic) bond motifs is 1. The Kier molecular flexibility index (Phi) is 8.36. The lowest BCUT2D eigenvalue weighted by molar-refractivity contribution is 0.0222. The third-order valence-corrected chi connectivity index (χ3v) is 7.34. The number of nitrogens with zero attached hydrogens (tertiary/aromatic N) is 5. The zero-order valence-corrected chi connectivity index (χ0v) is 25.5. The molecule has 0 saturated heterocycles. The molecule has 1 aliphatic heterocycles. The predicted molar refractivity (Wildman–Crippen MR) is 159 cm³/mol. The molecule has 2 aromatic heterocycles. The number of benzene rings is 2. The van der Waals surface area contributed by atoms with Gasteiger partial charge in [0.05, 0.1) is 37.7 Å². The minimum atomic E-state index is -0.713. The molecule has 230 valence electrons. The van der Waals surface area contributed by atoms with Gasteiger partial charge in [0.15, 0.2) is 0 Å². The number of methoxy groups -OCH3 is 1. The number of rotatable bonds is 6. The van der Waals surface area contributed by atoms with Crippen molar-refractivity contribution < 1.29 is 27.8 Å². The number of aryl methyl sites for hydroxylation is 1. The maximum absolute atomic E-state index is 15.6. The highest BCUT2D eigenvalue weighted by molar-refractivity contribution is 6.05. The molecule has 1 N–H and O–H groups in total. The smallest absolute Gasteiger partial charge is 0.410 e. The molecule has 0 spiro atoms. The van der Waals surface area contributed by atoms with E-state index in [1.807, 2.05) is 13.8 Å². The van der Waals surface area contributed by atoms with E-state index in [1.54, 1.807) is 46.3 Å². The summed E-state index contributed by atoms with van der Waals surface area (Å²) in [6.45, 7) is 9.74. The zero-order chi connectivity index (χ0) is 31.8. The molecule has 1 aliphatic rings. The van der Waals surface area contributed by atoms with E-state index in [0.717, 1.165) is 28.1 Å². The number of carbonyl (C=O) groups excluding carboxylic acids is 2. The van der Waals surface area contributed by atoms with E-state index >= 15 is 4.39 Å².